The Balaban J connectivity index is 1.91. The molecular weight excluding hydrogens is 322 g/mol. The number of hydrogen-bond acceptors (Lipinski definition) is 1. The minimum absolute atomic E-state index is 0.742. The molecule has 1 saturated carbocycles. The van der Waals surface area contributed by atoms with Crippen LogP contribution in [0.4, 0.5) is 0 Å². The van der Waals surface area contributed by atoms with Gasteiger partial charge in [0.15, 0.2) is 5.69 Å². The van der Waals surface area contributed by atoms with Gasteiger partial charge in [0.1, 0.15) is 0 Å². The molecule has 0 spiro atoms. The molecule has 0 atom stereocenters. The molecule has 1 fully saturated rings. The van der Waals surface area contributed by atoms with E-state index in [9.17, 15) is 0 Å². The van der Waals surface area contributed by atoms with Gasteiger partial charge in [0, 0.05) is 18.6 Å². The van der Waals surface area contributed by atoms with Crippen LogP contribution in [0.25, 0.3) is 16.3 Å². The number of aromatic nitrogens is 1. The van der Waals surface area contributed by atoms with E-state index in [1.165, 1.54) is 59.6 Å². The van der Waals surface area contributed by atoms with Gasteiger partial charge in [0.2, 0.25) is 5.69 Å². The lowest BCUT2D eigenvalue weighted by Crippen LogP contribution is -2.35. The van der Waals surface area contributed by atoms with E-state index in [1.54, 1.807) is 4.88 Å². The first kappa shape index (κ1) is 16.5. The predicted octanol–water partition coefficient (Wildman–Crippen LogP) is 6.36. The monoisotopic (exact) mass is 348 g/mol. The Kier molecular flexibility index (Phi) is 4.72. The lowest BCUT2D eigenvalue weighted by Gasteiger charge is -2.19. The topological polar surface area (TPSA) is 3.88 Å². The Morgan fingerprint density at radius 2 is 1.52 bits per heavy atom. The molecule has 0 amide bonds. The van der Waals surface area contributed by atoms with E-state index in [-0.39, 0.29) is 0 Å². The molecule has 25 heavy (non-hydrogen) atoms. The third kappa shape index (κ3) is 3.16. The van der Waals surface area contributed by atoms with Gasteiger partial charge in [-0.05, 0) is 37.8 Å². The fraction of sp³-hybridized carbons (Fsp3) is 0.348. The molecule has 4 rings (SSSR count). The van der Waals surface area contributed by atoms with Crippen LogP contribution in [0.5, 0.6) is 0 Å². The summed E-state index contributed by atoms with van der Waals surface area (Å²) in [6.07, 6.45) is 6.87. The van der Waals surface area contributed by atoms with E-state index >= 15 is 0 Å². The zero-order valence-corrected chi connectivity index (χ0v) is 16.0. The van der Waals surface area contributed by atoms with E-state index in [1.807, 2.05) is 11.3 Å². The van der Waals surface area contributed by atoms with E-state index in [2.05, 4.69) is 73.0 Å². The summed E-state index contributed by atoms with van der Waals surface area (Å²) < 4.78 is 2.50. The predicted molar refractivity (Wildman–Crippen MR) is 107 cm³/mol. The quantitative estimate of drug-likeness (QED) is 0.485. The van der Waals surface area contributed by atoms with Crippen LogP contribution in [-0.4, -0.2) is 0 Å². The Labute approximate surface area is 155 Å². The third-order valence-electron chi connectivity index (χ3n) is 5.45. The van der Waals surface area contributed by atoms with Crippen LogP contribution in [0.1, 0.15) is 54.2 Å². The minimum atomic E-state index is 0.742. The Bertz CT molecular complexity index is 857. The summed E-state index contributed by atoms with van der Waals surface area (Å²) in [5, 5.41) is 1.37. The molecule has 0 unspecified atom stereocenters. The SMILES string of the molecule is Cc1ccccc1-[n+]1c(-c2ccccc2)sc(C2CCCCC2)c1C. The summed E-state index contributed by atoms with van der Waals surface area (Å²) in [6.45, 7) is 4.54. The first-order valence-electron chi connectivity index (χ1n) is 9.42. The molecule has 2 aromatic carbocycles. The molecule has 1 heterocycles. The molecule has 1 aliphatic rings. The van der Waals surface area contributed by atoms with Crippen molar-refractivity contribution in [3.8, 4) is 16.3 Å². The molecule has 0 radical (unpaired) electrons. The van der Waals surface area contributed by atoms with Gasteiger partial charge in [0.25, 0.3) is 5.01 Å². The van der Waals surface area contributed by atoms with Crippen molar-refractivity contribution >= 4 is 11.3 Å². The first-order valence-corrected chi connectivity index (χ1v) is 10.2. The fourth-order valence-corrected chi connectivity index (χ4v) is 5.53. The van der Waals surface area contributed by atoms with Gasteiger partial charge in [-0.3, -0.25) is 0 Å². The average molecular weight is 349 g/mol. The maximum atomic E-state index is 2.50. The first-order chi connectivity index (χ1) is 12.3. The number of hydrogen-bond donors (Lipinski definition) is 0. The molecule has 3 aromatic rings. The van der Waals surface area contributed by atoms with Crippen molar-refractivity contribution in [1.82, 2.24) is 0 Å². The van der Waals surface area contributed by atoms with Crippen LogP contribution in [0.3, 0.4) is 0 Å². The number of nitrogens with zero attached hydrogens (tertiary/aromatic N) is 1. The van der Waals surface area contributed by atoms with Gasteiger partial charge in [-0.25, -0.2) is 0 Å². The van der Waals surface area contributed by atoms with Crippen LogP contribution in [-0.2, 0) is 0 Å². The molecule has 1 nitrogen and oxygen atoms in total. The van der Waals surface area contributed by atoms with E-state index in [0.29, 0.717) is 0 Å². The Hall–Kier alpha value is -1.93. The minimum Gasteiger partial charge on any atom is -0.147 e. The van der Waals surface area contributed by atoms with Crippen molar-refractivity contribution in [3.63, 3.8) is 0 Å². The summed E-state index contributed by atoms with van der Waals surface area (Å²) >= 11 is 2.01. The molecule has 0 saturated heterocycles. The molecule has 0 aliphatic heterocycles. The standard InChI is InChI=1S/C23H26NS/c1-17-11-9-10-16-21(17)24-18(2)22(19-12-5-3-6-13-19)25-23(24)20-14-7-4-8-15-20/h4,7-11,14-16,19H,3,5-6,12-13H2,1-2H3/q+1. The van der Waals surface area contributed by atoms with Crippen LogP contribution in [0, 0.1) is 13.8 Å². The van der Waals surface area contributed by atoms with E-state index in [0.717, 1.165) is 5.92 Å². The number of thiazole rings is 1. The van der Waals surface area contributed by atoms with Crippen molar-refractivity contribution in [2.24, 2.45) is 0 Å². The summed E-state index contributed by atoms with van der Waals surface area (Å²) in [7, 11) is 0. The lowest BCUT2D eigenvalue weighted by atomic mass is 9.87. The average Bonchev–Trinajstić information content (AvgIpc) is 3.01. The lowest BCUT2D eigenvalue weighted by molar-refractivity contribution is -0.586. The van der Waals surface area contributed by atoms with Crippen LogP contribution < -0.4 is 4.57 Å². The summed E-state index contributed by atoms with van der Waals surface area (Å²) in [5.41, 5.74) is 5.41. The van der Waals surface area contributed by atoms with Gasteiger partial charge in [-0.1, -0.05) is 67.0 Å². The number of para-hydroxylation sites is 1. The van der Waals surface area contributed by atoms with Crippen molar-refractivity contribution in [1.29, 1.82) is 0 Å². The summed E-state index contributed by atoms with van der Waals surface area (Å²) in [5.74, 6) is 0.742. The molecular formula is C23H26NS+. The molecule has 0 N–H and O–H groups in total. The zero-order valence-electron chi connectivity index (χ0n) is 15.2. The second-order valence-corrected chi connectivity index (χ2v) is 8.21. The van der Waals surface area contributed by atoms with E-state index < -0.39 is 0 Å². The van der Waals surface area contributed by atoms with Gasteiger partial charge < -0.3 is 0 Å². The third-order valence-corrected chi connectivity index (χ3v) is 6.92. The smallest absolute Gasteiger partial charge is 0.147 e. The molecule has 2 heteroatoms. The maximum absolute atomic E-state index is 2.50. The van der Waals surface area contributed by atoms with Gasteiger partial charge >= 0.3 is 0 Å². The number of rotatable bonds is 3. The van der Waals surface area contributed by atoms with Gasteiger partial charge in [-0.15, -0.1) is 4.57 Å². The van der Waals surface area contributed by atoms with Crippen molar-refractivity contribution in [2.45, 2.75) is 51.9 Å². The second kappa shape index (κ2) is 7.13. The normalized spacial score (nSPS) is 15.4. The van der Waals surface area contributed by atoms with Crippen LogP contribution in [0.15, 0.2) is 54.6 Å². The molecule has 1 aromatic heterocycles. The highest BCUT2D eigenvalue weighted by molar-refractivity contribution is 7.14. The summed E-state index contributed by atoms with van der Waals surface area (Å²) in [6, 6.07) is 19.6. The molecule has 128 valence electrons. The fourth-order valence-electron chi connectivity index (χ4n) is 4.10. The second-order valence-electron chi connectivity index (χ2n) is 7.18. The number of benzene rings is 2. The van der Waals surface area contributed by atoms with E-state index in [4.69, 9.17) is 0 Å². The highest BCUT2D eigenvalue weighted by atomic mass is 32.1. The largest absolute Gasteiger partial charge is 0.275 e. The van der Waals surface area contributed by atoms with Crippen LogP contribution >= 0.6 is 11.3 Å². The highest BCUT2D eigenvalue weighted by Crippen LogP contribution is 2.39. The van der Waals surface area contributed by atoms with Crippen LogP contribution in [0.2, 0.25) is 0 Å². The van der Waals surface area contributed by atoms with Crippen molar-refractivity contribution < 1.29 is 4.57 Å². The Morgan fingerprint density at radius 3 is 2.24 bits per heavy atom. The van der Waals surface area contributed by atoms with Crippen molar-refractivity contribution in [2.75, 3.05) is 0 Å². The number of aryl methyl sites for hydroxylation is 1. The Morgan fingerprint density at radius 1 is 0.840 bits per heavy atom. The van der Waals surface area contributed by atoms with Crippen molar-refractivity contribution in [3.05, 3.63) is 70.7 Å². The highest BCUT2D eigenvalue weighted by Gasteiger charge is 2.31. The summed E-state index contributed by atoms with van der Waals surface area (Å²) in [4.78, 5) is 1.60. The van der Waals surface area contributed by atoms with Gasteiger partial charge in [-0.2, -0.15) is 0 Å². The molecule has 0 bridgehead atoms. The maximum Gasteiger partial charge on any atom is 0.275 e. The van der Waals surface area contributed by atoms with Gasteiger partial charge in [0.05, 0.1) is 10.4 Å². The molecule has 1 aliphatic carbocycles. The zero-order chi connectivity index (χ0) is 17.2.